The molecule has 56 valence electrons. The fourth-order valence-electron chi connectivity index (χ4n) is 2.45. The Morgan fingerprint density at radius 3 is 2.60 bits per heavy atom. The molecule has 0 amide bonds. The van der Waals surface area contributed by atoms with Gasteiger partial charge in [0.1, 0.15) is 0 Å². The molecule has 0 aromatic carbocycles. The van der Waals surface area contributed by atoms with Crippen LogP contribution in [0.5, 0.6) is 0 Å². The van der Waals surface area contributed by atoms with Gasteiger partial charge in [-0.05, 0) is 19.3 Å². The third kappa shape index (κ3) is 0.663. The maximum absolute atomic E-state index is 3.53. The minimum absolute atomic E-state index is 0.852. The number of nitrogens with zero attached hydrogens (tertiary/aromatic N) is 1. The maximum atomic E-state index is 3.53. The quantitative estimate of drug-likeness (QED) is 0.556. The molecule has 2 atom stereocenters. The van der Waals surface area contributed by atoms with Gasteiger partial charge in [0.25, 0.3) is 0 Å². The molecule has 3 aliphatic rings. The monoisotopic (exact) mass is 138 g/mol. The van der Waals surface area contributed by atoms with Gasteiger partial charge in [0, 0.05) is 31.2 Å². The summed E-state index contributed by atoms with van der Waals surface area (Å²) in [5.41, 5.74) is 0. The van der Waals surface area contributed by atoms with Gasteiger partial charge in [0.15, 0.2) is 0 Å². The van der Waals surface area contributed by atoms with Gasteiger partial charge in [-0.25, -0.2) is 0 Å². The molecule has 0 aromatic heterocycles. The highest BCUT2D eigenvalue weighted by molar-refractivity contribution is 5.02. The van der Waals surface area contributed by atoms with E-state index in [1.54, 1.807) is 0 Å². The minimum Gasteiger partial charge on any atom is -0.311 e. The highest BCUT2D eigenvalue weighted by atomic mass is 15.3. The summed E-state index contributed by atoms with van der Waals surface area (Å²) in [4.78, 5) is 2.72. The van der Waals surface area contributed by atoms with Crippen LogP contribution in [0.3, 0.4) is 0 Å². The summed E-state index contributed by atoms with van der Waals surface area (Å²) in [5, 5.41) is 3.53. The Balaban J connectivity index is 1.77. The second-order valence-corrected chi connectivity index (χ2v) is 3.92. The summed E-state index contributed by atoms with van der Waals surface area (Å²) in [7, 11) is 0. The average molecular weight is 138 g/mol. The van der Waals surface area contributed by atoms with Crippen molar-refractivity contribution < 1.29 is 0 Å². The Hall–Kier alpha value is -0.0800. The number of likely N-dealkylation sites (tertiary alicyclic amines) is 1. The fourth-order valence-corrected chi connectivity index (χ4v) is 2.45. The van der Waals surface area contributed by atoms with E-state index in [2.05, 4.69) is 10.2 Å². The van der Waals surface area contributed by atoms with E-state index in [1.165, 1.54) is 32.4 Å². The topological polar surface area (TPSA) is 15.3 Å². The van der Waals surface area contributed by atoms with Gasteiger partial charge in [-0.2, -0.15) is 0 Å². The Morgan fingerprint density at radius 2 is 2.10 bits per heavy atom. The smallest absolute Gasteiger partial charge is 0.0239 e. The molecule has 0 unspecified atom stereocenters. The number of nitrogens with one attached hydrogen (secondary N) is 1. The van der Waals surface area contributed by atoms with Crippen molar-refractivity contribution in [2.24, 2.45) is 0 Å². The number of rotatable bonds is 1. The molecule has 1 N–H and O–H groups in total. The van der Waals surface area contributed by atoms with E-state index >= 15 is 0 Å². The fraction of sp³-hybridized carbons (Fsp3) is 1.00. The zero-order chi connectivity index (χ0) is 6.55. The number of hydrogen-bond donors (Lipinski definition) is 1. The molecule has 2 aliphatic heterocycles. The summed E-state index contributed by atoms with van der Waals surface area (Å²) in [6, 6.07) is 2.76. The summed E-state index contributed by atoms with van der Waals surface area (Å²) >= 11 is 0. The molecule has 0 radical (unpaired) electrons. The molecule has 0 spiro atoms. The predicted octanol–water partition coefficient (Wildman–Crippen LogP) is 0.195. The zero-order valence-corrected chi connectivity index (χ0v) is 6.21. The normalized spacial score (nSPS) is 46.8. The maximum Gasteiger partial charge on any atom is 0.0239 e. The third-order valence-corrected chi connectivity index (χ3v) is 3.11. The summed E-state index contributed by atoms with van der Waals surface area (Å²) < 4.78 is 0. The molecule has 10 heavy (non-hydrogen) atoms. The van der Waals surface area contributed by atoms with Gasteiger partial charge in [0.05, 0.1) is 0 Å². The second-order valence-electron chi connectivity index (χ2n) is 3.92. The predicted molar refractivity (Wildman–Crippen MR) is 39.9 cm³/mol. The molecule has 1 saturated carbocycles. The molecular weight excluding hydrogens is 124 g/mol. The lowest BCUT2D eigenvalue weighted by molar-refractivity contribution is 0.216. The number of hydrogen-bond acceptors (Lipinski definition) is 2. The van der Waals surface area contributed by atoms with Crippen LogP contribution in [0.2, 0.25) is 0 Å². The van der Waals surface area contributed by atoms with Crippen LogP contribution in [0.15, 0.2) is 0 Å². The first kappa shape index (κ1) is 5.56. The van der Waals surface area contributed by atoms with Gasteiger partial charge in [0.2, 0.25) is 0 Å². The summed E-state index contributed by atoms with van der Waals surface area (Å²) in [6.45, 7) is 2.61. The molecule has 2 heterocycles. The van der Waals surface area contributed by atoms with Crippen LogP contribution in [0, 0.1) is 0 Å². The second kappa shape index (κ2) is 1.74. The lowest BCUT2D eigenvalue weighted by Gasteiger charge is -2.26. The van der Waals surface area contributed by atoms with Gasteiger partial charge in [-0.3, -0.25) is 4.90 Å². The largest absolute Gasteiger partial charge is 0.311 e. The van der Waals surface area contributed by atoms with E-state index in [0.717, 1.165) is 18.1 Å². The van der Waals surface area contributed by atoms with Crippen molar-refractivity contribution in [1.82, 2.24) is 10.2 Å². The van der Waals surface area contributed by atoms with Crippen molar-refractivity contribution in [1.29, 1.82) is 0 Å². The van der Waals surface area contributed by atoms with E-state index < -0.39 is 0 Å². The highest BCUT2D eigenvalue weighted by Crippen LogP contribution is 2.35. The molecule has 2 heteroatoms. The van der Waals surface area contributed by atoms with Crippen molar-refractivity contribution >= 4 is 0 Å². The van der Waals surface area contributed by atoms with Gasteiger partial charge >= 0.3 is 0 Å². The van der Waals surface area contributed by atoms with E-state index in [1.807, 2.05) is 0 Å². The summed E-state index contributed by atoms with van der Waals surface area (Å²) in [6.07, 6.45) is 4.38. The highest BCUT2D eigenvalue weighted by Gasteiger charge is 2.43. The number of piperazine rings is 1. The van der Waals surface area contributed by atoms with E-state index in [-0.39, 0.29) is 0 Å². The molecule has 2 nitrogen and oxygen atoms in total. The van der Waals surface area contributed by atoms with Crippen LogP contribution in [0.25, 0.3) is 0 Å². The Morgan fingerprint density at radius 1 is 1.20 bits per heavy atom. The van der Waals surface area contributed by atoms with Gasteiger partial charge in [-0.1, -0.05) is 0 Å². The van der Waals surface area contributed by atoms with E-state index in [9.17, 15) is 0 Å². The molecule has 2 saturated heterocycles. The van der Waals surface area contributed by atoms with E-state index in [4.69, 9.17) is 0 Å². The van der Waals surface area contributed by atoms with Crippen LogP contribution in [-0.4, -0.2) is 36.1 Å². The van der Waals surface area contributed by atoms with Crippen LogP contribution in [0.1, 0.15) is 19.3 Å². The van der Waals surface area contributed by atoms with Crippen LogP contribution >= 0.6 is 0 Å². The van der Waals surface area contributed by atoms with E-state index in [0.29, 0.717) is 0 Å². The third-order valence-electron chi connectivity index (χ3n) is 3.11. The molecular formula is C8H14N2. The lowest BCUT2D eigenvalue weighted by atomic mass is 10.2. The van der Waals surface area contributed by atoms with Crippen LogP contribution < -0.4 is 5.32 Å². The van der Waals surface area contributed by atoms with Gasteiger partial charge < -0.3 is 5.32 Å². The Labute approximate surface area is 61.6 Å². The molecule has 3 fully saturated rings. The SMILES string of the molecule is C1CC1N1C[C@H]2C[C@@H]1CN2. The van der Waals surface area contributed by atoms with Crippen molar-refractivity contribution in [2.75, 3.05) is 13.1 Å². The average Bonchev–Trinajstić information content (AvgIpc) is 2.60. The molecule has 0 aromatic rings. The van der Waals surface area contributed by atoms with Crippen molar-refractivity contribution in [3.05, 3.63) is 0 Å². The summed E-state index contributed by atoms with van der Waals surface area (Å²) in [5.74, 6) is 0. The van der Waals surface area contributed by atoms with Crippen LogP contribution in [0.4, 0.5) is 0 Å². The molecule has 2 bridgehead atoms. The standard InChI is InChI=1S/C8H14N2/c1-2-7(1)10-5-6-3-8(10)4-9-6/h6-9H,1-5H2/t6-,8-/m1/s1. The Bertz CT molecular complexity index is 153. The van der Waals surface area contributed by atoms with Crippen LogP contribution in [-0.2, 0) is 0 Å². The zero-order valence-electron chi connectivity index (χ0n) is 6.21. The number of fused-ring (bicyclic) bond motifs is 2. The minimum atomic E-state index is 0.852. The molecule has 3 rings (SSSR count). The first-order valence-corrected chi connectivity index (χ1v) is 4.42. The first-order chi connectivity index (χ1) is 4.93. The van der Waals surface area contributed by atoms with Crippen molar-refractivity contribution in [2.45, 2.75) is 37.4 Å². The molecule has 1 aliphatic carbocycles. The lowest BCUT2D eigenvalue weighted by Crippen LogP contribution is -2.44. The van der Waals surface area contributed by atoms with Gasteiger partial charge in [-0.15, -0.1) is 0 Å². The Kier molecular flexibility index (Phi) is 0.968. The first-order valence-electron chi connectivity index (χ1n) is 4.42. The van der Waals surface area contributed by atoms with Crippen molar-refractivity contribution in [3.8, 4) is 0 Å². The van der Waals surface area contributed by atoms with Crippen molar-refractivity contribution in [3.63, 3.8) is 0 Å².